The number of anilines is 1. The lowest BCUT2D eigenvalue weighted by Crippen LogP contribution is -2.15. The molecule has 5 heteroatoms. The molecule has 0 aliphatic rings. The Morgan fingerprint density at radius 2 is 1.76 bits per heavy atom. The zero-order valence-electron chi connectivity index (χ0n) is 11.2. The predicted octanol–water partition coefficient (Wildman–Crippen LogP) is 3.18. The fraction of sp³-hybridized carbons (Fsp3) is 0.0625. The SMILES string of the molecule is O=S(=O)(Cc1ccccc1)Nc1ccc2cccnc2c1. The molecule has 0 fully saturated rings. The number of pyridine rings is 1. The number of benzene rings is 2. The summed E-state index contributed by atoms with van der Waals surface area (Å²) in [5.74, 6) is -0.0475. The minimum Gasteiger partial charge on any atom is -0.283 e. The van der Waals surface area contributed by atoms with E-state index in [0.717, 1.165) is 16.5 Å². The molecule has 106 valence electrons. The highest BCUT2D eigenvalue weighted by molar-refractivity contribution is 7.91. The van der Waals surface area contributed by atoms with E-state index in [-0.39, 0.29) is 5.75 Å². The standard InChI is InChI=1S/C16H14N2O2S/c19-21(20,12-13-5-2-1-3-6-13)18-15-9-8-14-7-4-10-17-16(14)11-15/h1-11,18H,12H2. The van der Waals surface area contributed by atoms with Crippen molar-refractivity contribution >= 4 is 26.6 Å². The van der Waals surface area contributed by atoms with E-state index in [1.165, 1.54) is 0 Å². The smallest absolute Gasteiger partial charge is 0.236 e. The lowest BCUT2D eigenvalue weighted by Gasteiger charge is -2.08. The maximum Gasteiger partial charge on any atom is 0.236 e. The number of rotatable bonds is 4. The van der Waals surface area contributed by atoms with Gasteiger partial charge in [0.2, 0.25) is 10.0 Å². The molecule has 0 spiro atoms. The first-order chi connectivity index (χ1) is 10.1. The van der Waals surface area contributed by atoms with Crippen molar-refractivity contribution in [1.82, 2.24) is 4.98 Å². The first-order valence-electron chi connectivity index (χ1n) is 6.52. The highest BCUT2D eigenvalue weighted by Crippen LogP contribution is 2.18. The second-order valence-electron chi connectivity index (χ2n) is 4.76. The van der Waals surface area contributed by atoms with Gasteiger partial charge in [0.15, 0.2) is 0 Å². The summed E-state index contributed by atoms with van der Waals surface area (Å²) >= 11 is 0. The number of nitrogens with one attached hydrogen (secondary N) is 1. The molecule has 1 heterocycles. The van der Waals surface area contributed by atoms with Crippen molar-refractivity contribution < 1.29 is 8.42 Å². The van der Waals surface area contributed by atoms with Gasteiger partial charge in [-0.15, -0.1) is 0 Å². The summed E-state index contributed by atoms with van der Waals surface area (Å²) in [7, 11) is -3.43. The van der Waals surface area contributed by atoms with Gasteiger partial charge in [-0.2, -0.15) is 0 Å². The monoisotopic (exact) mass is 298 g/mol. The lowest BCUT2D eigenvalue weighted by molar-refractivity contribution is 0.600. The molecule has 0 amide bonds. The molecule has 0 bridgehead atoms. The van der Waals surface area contributed by atoms with Crippen LogP contribution in [0.2, 0.25) is 0 Å². The zero-order valence-corrected chi connectivity index (χ0v) is 12.0. The molecule has 0 radical (unpaired) electrons. The Bertz CT molecular complexity index is 862. The second kappa shape index (κ2) is 5.54. The highest BCUT2D eigenvalue weighted by atomic mass is 32.2. The van der Waals surface area contributed by atoms with Crippen LogP contribution < -0.4 is 4.72 Å². The topological polar surface area (TPSA) is 59.1 Å². The van der Waals surface area contributed by atoms with E-state index in [2.05, 4.69) is 9.71 Å². The van der Waals surface area contributed by atoms with Crippen molar-refractivity contribution in [2.75, 3.05) is 4.72 Å². The number of fused-ring (bicyclic) bond motifs is 1. The molecule has 4 nitrogen and oxygen atoms in total. The van der Waals surface area contributed by atoms with Gasteiger partial charge in [-0.25, -0.2) is 8.42 Å². The third-order valence-corrected chi connectivity index (χ3v) is 4.34. The fourth-order valence-electron chi connectivity index (χ4n) is 2.14. The van der Waals surface area contributed by atoms with Gasteiger partial charge in [0.1, 0.15) is 0 Å². The number of nitrogens with zero attached hydrogens (tertiary/aromatic N) is 1. The normalized spacial score (nSPS) is 11.4. The molecule has 21 heavy (non-hydrogen) atoms. The van der Waals surface area contributed by atoms with Gasteiger partial charge in [0.25, 0.3) is 0 Å². The highest BCUT2D eigenvalue weighted by Gasteiger charge is 2.11. The lowest BCUT2D eigenvalue weighted by atomic mass is 10.2. The van der Waals surface area contributed by atoms with Crippen LogP contribution in [0.3, 0.4) is 0 Å². The van der Waals surface area contributed by atoms with E-state index in [1.807, 2.05) is 36.4 Å². The van der Waals surface area contributed by atoms with Crippen LogP contribution in [0.15, 0.2) is 66.9 Å². The molecule has 0 atom stereocenters. The molecular weight excluding hydrogens is 284 g/mol. The van der Waals surface area contributed by atoms with Crippen LogP contribution in [0.4, 0.5) is 5.69 Å². The second-order valence-corrected chi connectivity index (χ2v) is 6.48. The summed E-state index contributed by atoms with van der Waals surface area (Å²) < 4.78 is 26.9. The average Bonchev–Trinajstić information content (AvgIpc) is 2.47. The minimum absolute atomic E-state index is 0.0475. The number of aromatic nitrogens is 1. The molecular formula is C16H14N2O2S. The summed E-state index contributed by atoms with van der Waals surface area (Å²) in [4.78, 5) is 4.22. The van der Waals surface area contributed by atoms with Crippen molar-refractivity contribution in [3.05, 3.63) is 72.4 Å². The van der Waals surface area contributed by atoms with Crippen molar-refractivity contribution in [1.29, 1.82) is 0 Å². The largest absolute Gasteiger partial charge is 0.283 e. The van der Waals surface area contributed by atoms with Crippen LogP contribution >= 0.6 is 0 Å². The van der Waals surface area contributed by atoms with E-state index in [4.69, 9.17) is 0 Å². The van der Waals surface area contributed by atoms with Crippen LogP contribution in [0, 0.1) is 0 Å². The first kappa shape index (κ1) is 13.6. The Hall–Kier alpha value is -2.40. The molecule has 3 aromatic rings. The van der Waals surface area contributed by atoms with Gasteiger partial charge < -0.3 is 0 Å². The Kier molecular flexibility index (Phi) is 3.58. The van der Waals surface area contributed by atoms with E-state index in [9.17, 15) is 8.42 Å². The van der Waals surface area contributed by atoms with Crippen LogP contribution in [0.25, 0.3) is 10.9 Å². The zero-order chi connectivity index (χ0) is 14.7. The molecule has 1 N–H and O–H groups in total. The minimum atomic E-state index is -3.43. The Balaban J connectivity index is 1.83. The maximum atomic E-state index is 12.2. The quantitative estimate of drug-likeness (QED) is 0.805. The third-order valence-electron chi connectivity index (χ3n) is 3.08. The fourth-order valence-corrected chi connectivity index (χ4v) is 3.33. The van der Waals surface area contributed by atoms with E-state index in [0.29, 0.717) is 5.69 Å². The molecule has 2 aromatic carbocycles. The summed E-state index contributed by atoms with van der Waals surface area (Å²) in [5.41, 5.74) is 2.04. The van der Waals surface area contributed by atoms with Gasteiger partial charge in [-0.3, -0.25) is 9.71 Å². The van der Waals surface area contributed by atoms with Gasteiger partial charge in [-0.1, -0.05) is 42.5 Å². The van der Waals surface area contributed by atoms with E-state index in [1.54, 1.807) is 30.5 Å². The molecule has 3 rings (SSSR count). The first-order valence-corrected chi connectivity index (χ1v) is 8.17. The summed E-state index contributed by atoms with van der Waals surface area (Å²) in [5, 5.41) is 0.975. The molecule has 0 aliphatic heterocycles. The van der Waals surface area contributed by atoms with Crippen molar-refractivity contribution in [3.63, 3.8) is 0 Å². The van der Waals surface area contributed by atoms with Crippen LogP contribution in [0.1, 0.15) is 5.56 Å². The van der Waals surface area contributed by atoms with Crippen molar-refractivity contribution in [2.45, 2.75) is 5.75 Å². The Morgan fingerprint density at radius 1 is 0.952 bits per heavy atom. The summed E-state index contributed by atoms with van der Waals surface area (Å²) in [6, 6.07) is 18.2. The van der Waals surface area contributed by atoms with E-state index < -0.39 is 10.0 Å². The van der Waals surface area contributed by atoms with Crippen molar-refractivity contribution in [2.24, 2.45) is 0 Å². The molecule has 1 aromatic heterocycles. The van der Waals surface area contributed by atoms with Gasteiger partial charge in [0.05, 0.1) is 17.0 Å². The van der Waals surface area contributed by atoms with Gasteiger partial charge in [0, 0.05) is 11.6 Å². The van der Waals surface area contributed by atoms with Crippen molar-refractivity contribution in [3.8, 4) is 0 Å². The summed E-state index contributed by atoms with van der Waals surface area (Å²) in [6.07, 6.45) is 1.69. The third kappa shape index (κ3) is 3.38. The molecule has 0 aliphatic carbocycles. The van der Waals surface area contributed by atoms with Gasteiger partial charge >= 0.3 is 0 Å². The number of hydrogen-bond donors (Lipinski definition) is 1. The number of sulfonamides is 1. The van der Waals surface area contributed by atoms with Crippen LogP contribution in [-0.2, 0) is 15.8 Å². The van der Waals surface area contributed by atoms with Crippen LogP contribution in [0.5, 0.6) is 0 Å². The molecule has 0 saturated carbocycles. The average molecular weight is 298 g/mol. The maximum absolute atomic E-state index is 12.2. The Morgan fingerprint density at radius 3 is 2.57 bits per heavy atom. The number of hydrogen-bond acceptors (Lipinski definition) is 3. The summed E-state index contributed by atoms with van der Waals surface area (Å²) in [6.45, 7) is 0. The van der Waals surface area contributed by atoms with E-state index >= 15 is 0 Å². The molecule has 0 unspecified atom stereocenters. The molecule has 0 saturated heterocycles. The predicted molar refractivity (Wildman–Crippen MR) is 84.4 cm³/mol. The Labute approximate surface area is 123 Å². The van der Waals surface area contributed by atoms with Crippen LogP contribution in [-0.4, -0.2) is 13.4 Å². The van der Waals surface area contributed by atoms with Gasteiger partial charge in [-0.05, 0) is 23.8 Å².